The van der Waals surface area contributed by atoms with Crippen LogP contribution in [0.4, 0.5) is 11.4 Å². The van der Waals surface area contributed by atoms with E-state index in [9.17, 15) is 4.79 Å². The lowest BCUT2D eigenvalue weighted by Crippen LogP contribution is -2.26. The Kier molecular flexibility index (Phi) is 7.80. The van der Waals surface area contributed by atoms with E-state index in [0.717, 1.165) is 33.6 Å². The summed E-state index contributed by atoms with van der Waals surface area (Å²) in [4.78, 5) is 12.0. The number of primary amides is 1. The maximum atomic E-state index is 12.0. The fraction of sp³-hybridized carbons (Fsp3) is 0.148. The lowest BCUT2D eigenvalue weighted by Gasteiger charge is -2.23. The van der Waals surface area contributed by atoms with E-state index < -0.39 is 5.91 Å². The Balaban J connectivity index is 2.09. The Hall–Kier alpha value is -3.70. The molecule has 0 saturated heterocycles. The first-order valence-electron chi connectivity index (χ1n) is 10.7. The van der Waals surface area contributed by atoms with Crippen molar-refractivity contribution in [3.63, 3.8) is 0 Å². The quantitative estimate of drug-likeness (QED) is 0.339. The lowest BCUT2D eigenvalue weighted by atomic mass is 9.89. The molecule has 1 aliphatic rings. The van der Waals surface area contributed by atoms with Gasteiger partial charge in [0.2, 0.25) is 0 Å². The molecule has 0 fully saturated rings. The average molecular weight is 461 g/mol. The zero-order chi connectivity index (χ0) is 24.0. The molecule has 1 unspecified atom stereocenters. The molecule has 0 bridgehead atoms. The summed E-state index contributed by atoms with van der Waals surface area (Å²) < 4.78 is 0. The van der Waals surface area contributed by atoms with Crippen LogP contribution < -0.4 is 22.1 Å². The molecule has 0 radical (unpaired) electrons. The fourth-order valence-electron chi connectivity index (χ4n) is 3.76. The molecule has 1 atom stereocenters. The number of carbonyl (C=O) groups excluding carboxylic acids is 1. The van der Waals surface area contributed by atoms with E-state index in [2.05, 4.69) is 23.3 Å². The summed E-state index contributed by atoms with van der Waals surface area (Å²) in [5.74, 6) is -0.609. The number of benzene rings is 2. The van der Waals surface area contributed by atoms with Gasteiger partial charge in [0.05, 0.1) is 5.57 Å². The molecule has 1 amide bonds. The number of anilines is 2. The van der Waals surface area contributed by atoms with Crippen LogP contribution >= 0.6 is 11.6 Å². The molecule has 33 heavy (non-hydrogen) atoms. The van der Waals surface area contributed by atoms with Crippen LogP contribution in [-0.2, 0) is 4.79 Å². The van der Waals surface area contributed by atoms with Gasteiger partial charge in [-0.2, -0.15) is 0 Å². The van der Waals surface area contributed by atoms with Crippen molar-refractivity contribution in [1.82, 2.24) is 5.32 Å². The van der Waals surface area contributed by atoms with Gasteiger partial charge >= 0.3 is 0 Å². The summed E-state index contributed by atoms with van der Waals surface area (Å²) in [7, 11) is 0. The highest BCUT2D eigenvalue weighted by Crippen LogP contribution is 2.34. The molecule has 0 spiro atoms. The van der Waals surface area contributed by atoms with E-state index >= 15 is 0 Å². The normalized spacial score (nSPS) is 20.2. The van der Waals surface area contributed by atoms with Crippen LogP contribution in [0, 0.1) is 6.92 Å². The molecule has 1 aliphatic heterocycles. The molecule has 2 aromatic rings. The predicted octanol–water partition coefficient (Wildman–Crippen LogP) is 5.48. The molecule has 0 saturated carbocycles. The van der Waals surface area contributed by atoms with Crippen molar-refractivity contribution in [2.24, 2.45) is 11.5 Å². The number of aryl methyl sites for hydroxylation is 1. The summed E-state index contributed by atoms with van der Waals surface area (Å²) in [6.45, 7) is 8.33. The minimum atomic E-state index is -0.609. The molecule has 6 N–H and O–H groups in total. The van der Waals surface area contributed by atoms with Gasteiger partial charge in [-0.05, 0) is 78.9 Å². The fourth-order valence-corrected chi connectivity index (χ4v) is 3.99. The molecule has 5 nitrogen and oxygen atoms in total. The van der Waals surface area contributed by atoms with Crippen LogP contribution in [0.15, 0.2) is 96.4 Å². The van der Waals surface area contributed by atoms with Crippen molar-refractivity contribution in [2.45, 2.75) is 26.3 Å². The van der Waals surface area contributed by atoms with Gasteiger partial charge in [-0.1, -0.05) is 42.5 Å². The van der Waals surface area contributed by atoms with Crippen LogP contribution in [0.1, 0.15) is 24.5 Å². The second kappa shape index (κ2) is 10.7. The van der Waals surface area contributed by atoms with Crippen LogP contribution in [-0.4, -0.2) is 11.9 Å². The van der Waals surface area contributed by atoms with Crippen LogP contribution in [0.5, 0.6) is 0 Å². The smallest absolute Gasteiger partial charge is 0.250 e. The minimum Gasteiger partial charge on any atom is -0.404 e. The summed E-state index contributed by atoms with van der Waals surface area (Å²) in [6.07, 6.45) is 9.54. The highest BCUT2D eigenvalue weighted by Gasteiger charge is 2.19. The zero-order valence-electron chi connectivity index (χ0n) is 18.9. The first kappa shape index (κ1) is 24.0. The van der Waals surface area contributed by atoms with Gasteiger partial charge in [-0.15, -0.1) is 0 Å². The van der Waals surface area contributed by atoms with Crippen molar-refractivity contribution >= 4 is 34.5 Å². The largest absolute Gasteiger partial charge is 0.404 e. The number of allylic oxidation sites excluding steroid dienone is 3. The molecule has 3 rings (SSSR count). The molecule has 0 aromatic heterocycles. The highest BCUT2D eigenvalue weighted by atomic mass is 35.5. The third kappa shape index (κ3) is 6.18. The van der Waals surface area contributed by atoms with E-state index in [1.807, 2.05) is 68.5 Å². The lowest BCUT2D eigenvalue weighted by molar-refractivity contribution is -0.114. The standard InChI is InChI=1S/C27H29ClN4O/c1-4-6-22-10-18(3)25(13-20(16-31-22)26(15-29)27(30)33)19-11-21(28)14-24(12-19)32-23-8-5-7-17(2)9-23/h4-9,11-16,22,31-32H,3,10,29H2,1-2H3,(H2,30,33)/b6-4-,20-16+,25-13+,26-15-. The number of halogens is 1. The summed E-state index contributed by atoms with van der Waals surface area (Å²) in [6, 6.07) is 13.9. The highest BCUT2D eigenvalue weighted by molar-refractivity contribution is 6.31. The zero-order valence-corrected chi connectivity index (χ0v) is 19.6. The van der Waals surface area contributed by atoms with E-state index in [-0.39, 0.29) is 11.6 Å². The first-order chi connectivity index (χ1) is 15.8. The number of nitrogens with one attached hydrogen (secondary N) is 2. The molecule has 2 aromatic carbocycles. The minimum absolute atomic E-state index is 0.00262. The van der Waals surface area contributed by atoms with Crippen molar-refractivity contribution in [1.29, 1.82) is 0 Å². The second-order valence-corrected chi connectivity index (χ2v) is 8.37. The number of carbonyl (C=O) groups is 1. The Morgan fingerprint density at radius 3 is 2.70 bits per heavy atom. The predicted molar refractivity (Wildman–Crippen MR) is 139 cm³/mol. The molecule has 170 valence electrons. The Morgan fingerprint density at radius 2 is 2.03 bits per heavy atom. The van der Waals surface area contributed by atoms with Crippen molar-refractivity contribution in [3.8, 4) is 0 Å². The molecule has 0 aliphatic carbocycles. The van der Waals surface area contributed by atoms with Gasteiger partial charge < -0.3 is 22.1 Å². The van der Waals surface area contributed by atoms with Gasteiger partial charge in [-0.25, -0.2) is 0 Å². The number of hydrogen-bond acceptors (Lipinski definition) is 4. The number of nitrogens with two attached hydrogens (primary N) is 2. The van der Waals surface area contributed by atoms with E-state index in [4.69, 9.17) is 23.1 Å². The molecule has 1 heterocycles. The molecular weight excluding hydrogens is 432 g/mol. The first-order valence-corrected chi connectivity index (χ1v) is 11.0. The van der Waals surface area contributed by atoms with E-state index in [0.29, 0.717) is 17.0 Å². The average Bonchev–Trinajstić information content (AvgIpc) is 2.73. The van der Waals surface area contributed by atoms with Crippen molar-refractivity contribution in [3.05, 3.63) is 113 Å². The molecular formula is C27H29ClN4O. The Bertz CT molecular complexity index is 1190. The summed E-state index contributed by atoms with van der Waals surface area (Å²) >= 11 is 6.50. The van der Waals surface area contributed by atoms with E-state index in [1.54, 1.807) is 6.20 Å². The topological polar surface area (TPSA) is 93.2 Å². The van der Waals surface area contributed by atoms with Crippen molar-refractivity contribution in [2.75, 3.05) is 5.32 Å². The third-order valence-electron chi connectivity index (χ3n) is 5.28. The van der Waals surface area contributed by atoms with Crippen LogP contribution in [0.3, 0.4) is 0 Å². The SMILES string of the molecule is C=C1CC(/C=C\C)N/C=C(/C(=C/N)C(N)=O)\C=C/1c1cc(Cl)cc(Nc2cccc(C)c2)c1. The Morgan fingerprint density at radius 1 is 1.24 bits per heavy atom. The maximum Gasteiger partial charge on any atom is 0.250 e. The van der Waals surface area contributed by atoms with Gasteiger partial charge in [0.1, 0.15) is 0 Å². The van der Waals surface area contributed by atoms with Crippen LogP contribution in [0.25, 0.3) is 5.57 Å². The molecule has 6 heteroatoms. The number of rotatable bonds is 6. The van der Waals surface area contributed by atoms with Gasteiger partial charge in [0.15, 0.2) is 0 Å². The van der Waals surface area contributed by atoms with Gasteiger partial charge in [0, 0.05) is 40.4 Å². The van der Waals surface area contributed by atoms with E-state index in [1.165, 1.54) is 6.20 Å². The monoisotopic (exact) mass is 460 g/mol. The van der Waals surface area contributed by atoms with Crippen molar-refractivity contribution < 1.29 is 4.79 Å². The summed E-state index contributed by atoms with van der Waals surface area (Å²) in [5.41, 5.74) is 17.7. The Labute approximate surface area is 200 Å². The third-order valence-corrected chi connectivity index (χ3v) is 5.50. The second-order valence-electron chi connectivity index (χ2n) is 7.93. The maximum absolute atomic E-state index is 12.0. The van der Waals surface area contributed by atoms with Gasteiger partial charge in [-0.3, -0.25) is 4.79 Å². The number of hydrogen-bond donors (Lipinski definition) is 4. The van der Waals surface area contributed by atoms with Crippen LogP contribution in [0.2, 0.25) is 5.02 Å². The summed E-state index contributed by atoms with van der Waals surface area (Å²) in [5, 5.41) is 7.30. The number of amides is 1. The van der Waals surface area contributed by atoms with Gasteiger partial charge in [0.25, 0.3) is 5.91 Å².